The molecule has 0 radical (unpaired) electrons. The highest BCUT2D eigenvalue weighted by Crippen LogP contribution is 2.40. The first-order valence-electron chi connectivity index (χ1n) is 12.1. The van der Waals surface area contributed by atoms with Crippen molar-refractivity contribution in [3.63, 3.8) is 0 Å². The van der Waals surface area contributed by atoms with Gasteiger partial charge in [-0.3, -0.25) is 14.4 Å². The van der Waals surface area contributed by atoms with E-state index in [1.165, 1.54) is 17.5 Å². The fourth-order valence-electron chi connectivity index (χ4n) is 5.85. The molecule has 1 fully saturated rings. The summed E-state index contributed by atoms with van der Waals surface area (Å²) in [7, 11) is 1.77. The van der Waals surface area contributed by atoms with E-state index in [-0.39, 0.29) is 12.1 Å². The molecule has 172 valence electrons. The summed E-state index contributed by atoms with van der Waals surface area (Å²) in [6.45, 7) is 6.53. The van der Waals surface area contributed by atoms with E-state index in [9.17, 15) is 4.79 Å². The number of fused-ring (bicyclic) bond motifs is 2. The number of nitrogens with zero attached hydrogens (tertiary/aromatic N) is 6. The molecule has 3 aromatic rings. The Morgan fingerprint density at radius 2 is 1.94 bits per heavy atom. The van der Waals surface area contributed by atoms with Crippen LogP contribution in [0, 0.1) is 11.3 Å². The molecule has 0 spiro atoms. The lowest BCUT2D eigenvalue weighted by Crippen LogP contribution is -2.59. The summed E-state index contributed by atoms with van der Waals surface area (Å²) < 4.78 is 3.27. The Kier molecular flexibility index (Phi) is 5.71. The zero-order chi connectivity index (χ0) is 23.1. The SMILES string of the molecule is CC[C@H]1CN([C@H]2CCc3ccccc32)[C@H](CC)CN1c1cc(=O)n(C)c2cn(CC#N)nc12. The van der Waals surface area contributed by atoms with Crippen LogP contribution in [0.15, 0.2) is 41.3 Å². The Bertz CT molecular complexity index is 1270. The number of rotatable bonds is 5. The third kappa shape index (κ3) is 3.63. The maximum Gasteiger partial charge on any atom is 0.252 e. The molecule has 0 amide bonds. The van der Waals surface area contributed by atoms with E-state index in [0.717, 1.165) is 49.1 Å². The van der Waals surface area contributed by atoms with Gasteiger partial charge in [0.05, 0.1) is 23.5 Å². The minimum Gasteiger partial charge on any atom is -0.364 e. The normalized spacial score (nSPS) is 23.1. The zero-order valence-corrected chi connectivity index (χ0v) is 19.7. The van der Waals surface area contributed by atoms with E-state index < -0.39 is 0 Å². The largest absolute Gasteiger partial charge is 0.364 e. The monoisotopic (exact) mass is 444 g/mol. The van der Waals surface area contributed by atoms with Crippen LogP contribution in [0.3, 0.4) is 0 Å². The highest BCUT2D eigenvalue weighted by molar-refractivity contribution is 5.88. The van der Waals surface area contributed by atoms with Gasteiger partial charge in [-0.15, -0.1) is 0 Å². The molecule has 0 saturated carbocycles. The second-order valence-electron chi connectivity index (χ2n) is 9.37. The summed E-state index contributed by atoms with van der Waals surface area (Å²) in [5, 5.41) is 13.8. The number of benzene rings is 1. The fraction of sp³-hybridized carbons (Fsp3) is 0.500. The molecular weight excluding hydrogens is 412 g/mol. The molecule has 5 rings (SSSR count). The van der Waals surface area contributed by atoms with Crippen LogP contribution >= 0.6 is 0 Å². The van der Waals surface area contributed by atoms with Gasteiger partial charge in [-0.2, -0.15) is 10.4 Å². The van der Waals surface area contributed by atoms with Crippen LogP contribution in [0.1, 0.15) is 50.3 Å². The van der Waals surface area contributed by atoms with Gasteiger partial charge >= 0.3 is 0 Å². The van der Waals surface area contributed by atoms with Crippen molar-refractivity contribution in [2.24, 2.45) is 7.05 Å². The van der Waals surface area contributed by atoms with Crippen LogP contribution < -0.4 is 10.5 Å². The van der Waals surface area contributed by atoms with Gasteiger partial charge in [0.15, 0.2) is 0 Å². The molecule has 2 aromatic heterocycles. The first-order valence-corrected chi connectivity index (χ1v) is 12.1. The molecule has 33 heavy (non-hydrogen) atoms. The first-order chi connectivity index (χ1) is 16.0. The molecule has 7 nitrogen and oxygen atoms in total. The number of pyridine rings is 1. The molecule has 3 atom stereocenters. The van der Waals surface area contributed by atoms with Crippen LogP contribution in [-0.4, -0.2) is 44.4 Å². The fourth-order valence-corrected chi connectivity index (χ4v) is 5.85. The molecule has 3 heterocycles. The van der Waals surface area contributed by atoms with Crippen LogP contribution in [0.4, 0.5) is 5.69 Å². The van der Waals surface area contributed by atoms with E-state index in [4.69, 9.17) is 10.4 Å². The number of aryl methyl sites for hydroxylation is 2. The molecule has 1 aliphatic heterocycles. The predicted octanol–water partition coefficient (Wildman–Crippen LogP) is 3.63. The van der Waals surface area contributed by atoms with Crippen molar-refractivity contribution in [2.75, 3.05) is 18.0 Å². The first kappa shape index (κ1) is 21.7. The molecule has 1 aliphatic carbocycles. The van der Waals surface area contributed by atoms with E-state index in [2.05, 4.69) is 54.0 Å². The van der Waals surface area contributed by atoms with Gasteiger partial charge in [0.25, 0.3) is 5.56 Å². The van der Waals surface area contributed by atoms with Crippen LogP contribution in [0.5, 0.6) is 0 Å². The highest BCUT2D eigenvalue weighted by atomic mass is 16.1. The van der Waals surface area contributed by atoms with Gasteiger partial charge in [-0.05, 0) is 36.8 Å². The number of piperazine rings is 1. The van der Waals surface area contributed by atoms with E-state index >= 15 is 0 Å². The summed E-state index contributed by atoms with van der Waals surface area (Å²) in [6, 6.07) is 14.0. The van der Waals surface area contributed by atoms with Crippen LogP contribution in [0.25, 0.3) is 11.0 Å². The van der Waals surface area contributed by atoms with Gasteiger partial charge in [0, 0.05) is 44.3 Å². The van der Waals surface area contributed by atoms with E-state index in [1.54, 1.807) is 22.4 Å². The molecule has 2 aliphatic rings. The van der Waals surface area contributed by atoms with Crippen molar-refractivity contribution < 1.29 is 0 Å². The van der Waals surface area contributed by atoms with E-state index in [0.29, 0.717) is 18.1 Å². The Labute approximate surface area is 194 Å². The van der Waals surface area contributed by atoms with Crippen LogP contribution in [0.2, 0.25) is 0 Å². The Morgan fingerprint density at radius 1 is 1.15 bits per heavy atom. The Morgan fingerprint density at radius 3 is 2.70 bits per heavy atom. The van der Waals surface area contributed by atoms with Crippen LogP contribution in [-0.2, 0) is 20.0 Å². The lowest BCUT2D eigenvalue weighted by atomic mass is 9.96. The minimum absolute atomic E-state index is 0.0379. The van der Waals surface area contributed by atoms with Gasteiger partial charge < -0.3 is 9.47 Å². The summed E-state index contributed by atoms with van der Waals surface area (Å²) in [5.41, 5.74) is 5.43. The molecule has 0 unspecified atom stereocenters. The smallest absolute Gasteiger partial charge is 0.252 e. The topological polar surface area (TPSA) is 70.1 Å². The Balaban J connectivity index is 1.53. The molecular formula is C26H32N6O. The average Bonchev–Trinajstić information content (AvgIpc) is 3.45. The standard InChI is InChI=1S/C26H32N6O/c1-4-19-16-32(23-14-25(33)29(3)24-17-30(13-12-27)28-26(23)24)20(5-2)15-31(19)22-11-10-18-8-6-7-9-21(18)22/h6-9,14,17,19-20,22H,4-5,10-11,13,15-16H2,1-3H3/t19-,20+,22+/m1/s1. The van der Waals surface area contributed by atoms with E-state index in [1.807, 2.05) is 6.20 Å². The van der Waals surface area contributed by atoms with Crippen molar-refractivity contribution in [1.29, 1.82) is 5.26 Å². The zero-order valence-electron chi connectivity index (χ0n) is 19.7. The quantitative estimate of drug-likeness (QED) is 0.601. The average molecular weight is 445 g/mol. The number of hydrogen-bond acceptors (Lipinski definition) is 5. The minimum atomic E-state index is -0.0379. The molecule has 1 saturated heterocycles. The Hall–Kier alpha value is -3.11. The maximum absolute atomic E-state index is 12.8. The lowest BCUT2D eigenvalue weighted by Gasteiger charge is -2.49. The van der Waals surface area contributed by atoms with Crippen molar-refractivity contribution >= 4 is 16.7 Å². The number of hydrogen-bond donors (Lipinski definition) is 0. The van der Waals surface area contributed by atoms with Crippen molar-refractivity contribution in [2.45, 2.75) is 64.2 Å². The number of aromatic nitrogens is 3. The number of nitriles is 1. The summed E-state index contributed by atoms with van der Waals surface area (Å²) >= 11 is 0. The van der Waals surface area contributed by atoms with Crippen molar-refractivity contribution in [3.8, 4) is 6.07 Å². The van der Waals surface area contributed by atoms with Crippen molar-refractivity contribution in [3.05, 3.63) is 58.0 Å². The second-order valence-corrected chi connectivity index (χ2v) is 9.37. The third-order valence-electron chi connectivity index (χ3n) is 7.66. The summed E-state index contributed by atoms with van der Waals surface area (Å²) in [6.07, 6.45) is 6.20. The van der Waals surface area contributed by atoms with Gasteiger partial charge in [0.2, 0.25) is 0 Å². The predicted molar refractivity (Wildman–Crippen MR) is 130 cm³/mol. The van der Waals surface area contributed by atoms with Crippen molar-refractivity contribution in [1.82, 2.24) is 19.2 Å². The maximum atomic E-state index is 12.8. The molecule has 1 aromatic carbocycles. The third-order valence-corrected chi connectivity index (χ3v) is 7.66. The molecule has 7 heteroatoms. The lowest BCUT2D eigenvalue weighted by molar-refractivity contribution is 0.0928. The molecule has 0 bridgehead atoms. The highest BCUT2D eigenvalue weighted by Gasteiger charge is 2.39. The summed E-state index contributed by atoms with van der Waals surface area (Å²) in [4.78, 5) is 18.0. The van der Waals surface area contributed by atoms with Gasteiger partial charge in [-0.25, -0.2) is 0 Å². The summed E-state index contributed by atoms with van der Waals surface area (Å²) in [5.74, 6) is 0. The van der Waals surface area contributed by atoms with Gasteiger partial charge in [-0.1, -0.05) is 38.1 Å². The number of anilines is 1. The molecule has 0 N–H and O–H groups in total. The second kappa shape index (κ2) is 8.68. The van der Waals surface area contributed by atoms with Gasteiger partial charge in [0.1, 0.15) is 12.1 Å².